The summed E-state index contributed by atoms with van der Waals surface area (Å²) in [7, 11) is 1.79. The lowest BCUT2D eigenvalue weighted by molar-refractivity contribution is 0.0243. The van der Waals surface area contributed by atoms with Crippen LogP contribution in [-0.2, 0) is 11.2 Å². The summed E-state index contributed by atoms with van der Waals surface area (Å²) in [6.45, 7) is 6.73. The van der Waals surface area contributed by atoms with Crippen LogP contribution in [0, 0.1) is 6.92 Å². The molecular formula is C14H24N4OS. The Labute approximate surface area is 124 Å². The predicted octanol–water partition coefficient (Wildman–Crippen LogP) is 1.73. The summed E-state index contributed by atoms with van der Waals surface area (Å²) in [5.41, 5.74) is -0.0515. The Kier molecular flexibility index (Phi) is 5.37. The van der Waals surface area contributed by atoms with Gasteiger partial charge in [0.1, 0.15) is 0 Å². The van der Waals surface area contributed by atoms with Gasteiger partial charge in [0.2, 0.25) is 0 Å². The van der Waals surface area contributed by atoms with E-state index in [0.717, 1.165) is 49.9 Å². The second-order valence-corrected chi connectivity index (χ2v) is 6.69. The number of guanidine groups is 1. The maximum absolute atomic E-state index is 5.76. The molecule has 2 heterocycles. The Morgan fingerprint density at radius 3 is 3.00 bits per heavy atom. The number of hydrogen-bond acceptors (Lipinski definition) is 4. The second-order valence-electron chi connectivity index (χ2n) is 5.37. The Morgan fingerprint density at radius 1 is 1.55 bits per heavy atom. The van der Waals surface area contributed by atoms with Crippen molar-refractivity contribution in [2.24, 2.45) is 4.99 Å². The molecule has 0 aliphatic carbocycles. The molecule has 6 heteroatoms. The van der Waals surface area contributed by atoms with Gasteiger partial charge in [0, 0.05) is 44.2 Å². The van der Waals surface area contributed by atoms with Gasteiger partial charge in [-0.05, 0) is 26.7 Å². The molecule has 0 spiro atoms. The number of rotatable bonds is 5. The van der Waals surface area contributed by atoms with E-state index in [1.54, 1.807) is 18.4 Å². The normalized spacial score (nSPS) is 23.1. The maximum atomic E-state index is 5.76. The molecule has 20 heavy (non-hydrogen) atoms. The van der Waals surface area contributed by atoms with Crippen LogP contribution in [0.3, 0.4) is 0 Å². The molecular weight excluding hydrogens is 272 g/mol. The fraction of sp³-hybridized carbons (Fsp3) is 0.714. The number of nitrogens with one attached hydrogen (secondary N) is 2. The zero-order valence-corrected chi connectivity index (χ0v) is 13.3. The van der Waals surface area contributed by atoms with Gasteiger partial charge in [0.05, 0.1) is 10.6 Å². The average molecular weight is 296 g/mol. The van der Waals surface area contributed by atoms with Gasteiger partial charge < -0.3 is 15.4 Å². The SMILES string of the molecule is CN=C(NCCc1ncc(C)s1)NCC1(C)CCCO1. The molecule has 0 aromatic carbocycles. The van der Waals surface area contributed by atoms with Crippen molar-refractivity contribution in [2.75, 3.05) is 26.7 Å². The summed E-state index contributed by atoms with van der Waals surface area (Å²) in [5.74, 6) is 0.829. The van der Waals surface area contributed by atoms with Crippen molar-refractivity contribution < 1.29 is 4.74 Å². The van der Waals surface area contributed by atoms with E-state index in [1.165, 1.54) is 4.88 Å². The number of aryl methyl sites for hydroxylation is 1. The summed E-state index contributed by atoms with van der Waals surface area (Å²) in [6.07, 6.45) is 5.10. The average Bonchev–Trinajstić information content (AvgIpc) is 3.03. The third kappa shape index (κ3) is 4.45. The van der Waals surface area contributed by atoms with E-state index in [-0.39, 0.29) is 5.60 Å². The zero-order chi connectivity index (χ0) is 14.4. The first-order valence-electron chi connectivity index (χ1n) is 7.11. The van der Waals surface area contributed by atoms with E-state index in [1.807, 2.05) is 6.20 Å². The van der Waals surface area contributed by atoms with Crippen LogP contribution in [0.15, 0.2) is 11.2 Å². The van der Waals surface area contributed by atoms with Gasteiger partial charge in [-0.25, -0.2) is 4.98 Å². The Morgan fingerprint density at radius 2 is 2.40 bits per heavy atom. The molecule has 0 amide bonds. The molecule has 0 saturated carbocycles. The standard InChI is InChI=1S/C14H24N4OS/c1-11-9-17-12(20-11)5-7-16-13(15-3)18-10-14(2)6-4-8-19-14/h9H,4-8,10H2,1-3H3,(H2,15,16,18). The molecule has 1 unspecified atom stereocenters. The van der Waals surface area contributed by atoms with Crippen LogP contribution >= 0.6 is 11.3 Å². The van der Waals surface area contributed by atoms with Crippen LogP contribution in [0.5, 0.6) is 0 Å². The van der Waals surface area contributed by atoms with E-state index in [9.17, 15) is 0 Å². The number of hydrogen-bond donors (Lipinski definition) is 2. The zero-order valence-electron chi connectivity index (χ0n) is 12.5. The summed E-state index contributed by atoms with van der Waals surface area (Å²) in [5, 5.41) is 7.82. The van der Waals surface area contributed by atoms with Crippen molar-refractivity contribution in [1.82, 2.24) is 15.6 Å². The molecule has 1 saturated heterocycles. The fourth-order valence-corrected chi connectivity index (χ4v) is 3.06. The van der Waals surface area contributed by atoms with Crippen LogP contribution in [0.1, 0.15) is 29.7 Å². The highest BCUT2D eigenvalue weighted by Crippen LogP contribution is 2.23. The smallest absolute Gasteiger partial charge is 0.191 e. The van der Waals surface area contributed by atoms with Gasteiger partial charge in [-0.3, -0.25) is 4.99 Å². The van der Waals surface area contributed by atoms with E-state index in [0.29, 0.717) is 0 Å². The Hall–Kier alpha value is -1.14. The number of aliphatic imine (C=N–C) groups is 1. The molecule has 0 bridgehead atoms. The third-order valence-electron chi connectivity index (χ3n) is 3.45. The van der Waals surface area contributed by atoms with Gasteiger partial charge in [-0.2, -0.15) is 0 Å². The molecule has 1 aromatic rings. The molecule has 2 N–H and O–H groups in total. The molecule has 1 aromatic heterocycles. The van der Waals surface area contributed by atoms with Gasteiger partial charge in [-0.15, -0.1) is 11.3 Å². The number of ether oxygens (including phenoxy) is 1. The van der Waals surface area contributed by atoms with Crippen LogP contribution < -0.4 is 10.6 Å². The quantitative estimate of drug-likeness (QED) is 0.642. The topological polar surface area (TPSA) is 58.5 Å². The third-order valence-corrected chi connectivity index (χ3v) is 4.43. The first-order chi connectivity index (χ1) is 9.61. The molecule has 0 radical (unpaired) electrons. The maximum Gasteiger partial charge on any atom is 0.191 e. The van der Waals surface area contributed by atoms with Gasteiger partial charge in [-0.1, -0.05) is 0 Å². The minimum atomic E-state index is -0.0515. The van der Waals surface area contributed by atoms with Crippen LogP contribution in [-0.4, -0.2) is 43.3 Å². The van der Waals surface area contributed by atoms with E-state index in [4.69, 9.17) is 4.74 Å². The molecule has 1 atom stereocenters. The summed E-state index contributed by atoms with van der Waals surface area (Å²) < 4.78 is 5.76. The number of thiazole rings is 1. The van der Waals surface area contributed by atoms with Gasteiger partial charge in [0.15, 0.2) is 5.96 Å². The largest absolute Gasteiger partial charge is 0.373 e. The van der Waals surface area contributed by atoms with E-state index >= 15 is 0 Å². The van der Waals surface area contributed by atoms with Gasteiger partial charge in [0.25, 0.3) is 0 Å². The molecule has 1 fully saturated rings. The Bertz CT molecular complexity index is 452. The van der Waals surface area contributed by atoms with Crippen LogP contribution in [0.2, 0.25) is 0 Å². The lowest BCUT2D eigenvalue weighted by atomic mass is 10.0. The molecule has 5 nitrogen and oxygen atoms in total. The monoisotopic (exact) mass is 296 g/mol. The van der Waals surface area contributed by atoms with E-state index in [2.05, 4.69) is 34.5 Å². The molecule has 1 aliphatic heterocycles. The van der Waals surface area contributed by atoms with Crippen molar-refractivity contribution in [3.63, 3.8) is 0 Å². The minimum absolute atomic E-state index is 0.0515. The second kappa shape index (κ2) is 7.04. The minimum Gasteiger partial charge on any atom is -0.373 e. The molecule has 1 aliphatic rings. The number of aromatic nitrogens is 1. The summed E-state index contributed by atoms with van der Waals surface area (Å²) >= 11 is 1.75. The van der Waals surface area contributed by atoms with Crippen molar-refractivity contribution in [3.05, 3.63) is 16.1 Å². The van der Waals surface area contributed by atoms with E-state index < -0.39 is 0 Å². The number of nitrogens with zero attached hydrogens (tertiary/aromatic N) is 2. The van der Waals surface area contributed by atoms with Crippen molar-refractivity contribution in [3.8, 4) is 0 Å². The lowest BCUT2D eigenvalue weighted by Gasteiger charge is -2.24. The highest BCUT2D eigenvalue weighted by molar-refractivity contribution is 7.11. The van der Waals surface area contributed by atoms with Crippen molar-refractivity contribution >= 4 is 17.3 Å². The molecule has 112 valence electrons. The summed E-state index contributed by atoms with van der Waals surface area (Å²) in [6, 6.07) is 0. The fourth-order valence-electron chi connectivity index (χ4n) is 2.27. The predicted molar refractivity (Wildman–Crippen MR) is 83.5 cm³/mol. The van der Waals surface area contributed by atoms with Crippen LogP contribution in [0.4, 0.5) is 0 Å². The first kappa shape index (κ1) is 15.3. The summed E-state index contributed by atoms with van der Waals surface area (Å²) in [4.78, 5) is 9.85. The highest BCUT2D eigenvalue weighted by atomic mass is 32.1. The van der Waals surface area contributed by atoms with Crippen LogP contribution in [0.25, 0.3) is 0 Å². The Balaban J connectivity index is 1.70. The molecule has 2 rings (SSSR count). The van der Waals surface area contributed by atoms with Gasteiger partial charge >= 0.3 is 0 Å². The van der Waals surface area contributed by atoms with Crippen molar-refractivity contribution in [1.29, 1.82) is 0 Å². The lowest BCUT2D eigenvalue weighted by Crippen LogP contribution is -2.45. The highest BCUT2D eigenvalue weighted by Gasteiger charge is 2.29. The van der Waals surface area contributed by atoms with Crippen molar-refractivity contribution in [2.45, 2.75) is 38.7 Å². The first-order valence-corrected chi connectivity index (χ1v) is 7.93.